The Kier molecular flexibility index (Phi) is 43.5. The van der Waals surface area contributed by atoms with Crippen LogP contribution in [0.1, 0.15) is 142 Å². The number of rotatable bonds is 31. The van der Waals surface area contributed by atoms with E-state index >= 15 is 0 Å². The first-order valence-electron chi connectivity index (χ1n) is 19.2. The fourth-order valence-corrected chi connectivity index (χ4v) is 4.47. The summed E-state index contributed by atoms with van der Waals surface area (Å²) in [4.78, 5) is 20.6. The van der Waals surface area contributed by atoms with Gasteiger partial charge in [0.15, 0.2) is 0 Å². The molecule has 2 N–H and O–H groups in total. The molecule has 4 heteroatoms. The van der Waals surface area contributed by atoms with E-state index in [9.17, 15) is 9.59 Å². The Hall–Kier alpha value is -3.92. The summed E-state index contributed by atoms with van der Waals surface area (Å²) in [7, 11) is 0. The van der Waals surface area contributed by atoms with Crippen molar-refractivity contribution >= 4 is 11.9 Å². The Morgan fingerprint density at radius 1 is 0.400 bits per heavy atom. The van der Waals surface area contributed by atoms with E-state index in [0.29, 0.717) is 6.42 Å². The van der Waals surface area contributed by atoms with Gasteiger partial charge in [0, 0.05) is 12.5 Å². The lowest BCUT2D eigenvalue weighted by molar-refractivity contribution is -0.137. The van der Waals surface area contributed by atoms with Gasteiger partial charge in [-0.3, -0.25) is 4.79 Å². The van der Waals surface area contributed by atoms with Crippen LogP contribution in [0.2, 0.25) is 0 Å². The van der Waals surface area contributed by atoms with Gasteiger partial charge in [-0.1, -0.05) is 206 Å². The van der Waals surface area contributed by atoms with Gasteiger partial charge in [0.2, 0.25) is 0 Å². The Bertz CT molecular complexity index is 1090. The zero-order chi connectivity index (χ0) is 36.9. The van der Waals surface area contributed by atoms with Crippen LogP contribution < -0.4 is 0 Å². The van der Waals surface area contributed by atoms with E-state index in [4.69, 9.17) is 10.2 Å². The van der Waals surface area contributed by atoms with Crippen LogP contribution in [-0.4, -0.2) is 22.2 Å². The summed E-state index contributed by atoms with van der Waals surface area (Å²) < 4.78 is 0. The molecule has 0 aliphatic heterocycles. The van der Waals surface area contributed by atoms with Crippen LogP contribution in [0.25, 0.3) is 0 Å². The van der Waals surface area contributed by atoms with E-state index in [0.717, 1.165) is 51.0 Å². The van der Waals surface area contributed by atoms with Crippen molar-refractivity contribution < 1.29 is 19.8 Å². The first-order valence-corrected chi connectivity index (χ1v) is 19.2. The van der Waals surface area contributed by atoms with Crippen LogP contribution >= 0.6 is 0 Å². The lowest BCUT2D eigenvalue weighted by Crippen LogP contribution is -1.91. The molecular weight excluding hydrogens is 617 g/mol. The van der Waals surface area contributed by atoms with Crippen molar-refractivity contribution in [1.29, 1.82) is 0 Å². The zero-order valence-corrected chi connectivity index (χ0v) is 31.6. The summed E-state index contributed by atoms with van der Waals surface area (Å²) in [6.45, 7) is 4.42. The van der Waals surface area contributed by atoms with Gasteiger partial charge < -0.3 is 10.2 Å². The Morgan fingerprint density at radius 2 is 0.780 bits per heavy atom. The van der Waals surface area contributed by atoms with Crippen molar-refractivity contribution in [2.75, 3.05) is 0 Å². The molecule has 0 saturated heterocycles. The average Bonchev–Trinajstić information content (AvgIpc) is 3.10. The fraction of sp³-hybridized carbons (Fsp3) is 0.478. The SMILES string of the molecule is CC/C=C\C/C=C\C/C=C\C/C=C\C/C=C\C/C=C\CCC(=O)O.CCCCCCCCCCCCC/C=C/C=C/C=C/C=C/C=C/C(=O)O. The van der Waals surface area contributed by atoms with E-state index in [1.807, 2.05) is 36.5 Å². The van der Waals surface area contributed by atoms with Crippen LogP contribution in [0.5, 0.6) is 0 Å². The van der Waals surface area contributed by atoms with Crippen molar-refractivity contribution in [3.8, 4) is 0 Å². The van der Waals surface area contributed by atoms with E-state index in [2.05, 4.69) is 86.8 Å². The van der Waals surface area contributed by atoms with E-state index < -0.39 is 11.9 Å². The molecule has 0 amide bonds. The number of carbonyl (C=O) groups is 2. The summed E-state index contributed by atoms with van der Waals surface area (Å²) in [5.41, 5.74) is 0. The highest BCUT2D eigenvalue weighted by atomic mass is 16.4. The third-order valence-electron chi connectivity index (χ3n) is 7.25. The normalized spacial score (nSPS) is 12.8. The largest absolute Gasteiger partial charge is 0.481 e. The first-order chi connectivity index (χ1) is 24.5. The molecule has 0 aliphatic rings. The Labute approximate surface area is 306 Å². The minimum absolute atomic E-state index is 0.210. The third-order valence-corrected chi connectivity index (χ3v) is 7.25. The van der Waals surface area contributed by atoms with Gasteiger partial charge >= 0.3 is 11.9 Å². The number of carboxylic acid groups (broad SMARTS) is 2. The number of aliphatic carboxylic acids is 2. The van der Waals surface area contributed by atoms with Crippen LogP contribution in [0.15, 0.2) is 134 Å². The molecule has 0 aromatic rings. The fourth-order valence-electron chi connectivity index (χ4n) is 4.47. The quantitative estimate of drug-likeness (QED) is 0.0329. The standard InChI is InChI=1S/C24H38O2.C22H32O2/c1-2-3-4-5-6-7-8-9-10-11-12-13-14-15-16-17-18-19-20-21-22-23-24(25)26;1-2-3-4-5-6-7-8-9-10-11-12-13-14-15-16-17-18-19-20-21-22(23)24/h14-23H,2-13H2,1H3,(H,25,26);3-4,6-7,9-10,12-13,15-16,18-19H,2,5,8,11,14,17,20-21H2,1H3,(H,23,24)/b15-14+,17-16+,19-18+,21-20+,23-22+;4-3-,7-6-,10-9-,13-12-,16-15-,19-18-. The van der Waals surface area contributed by atoms with Crippen molar-refractivity contribution in [3.63, 3.8) is 0 Å². The predicted molar refractivity (Wildman–Crippen MR) is 219 cm³/mol. The second-order valence-corrected chi connectivity index (χ2v) is 12.0. The molecule has 4 nitrogen and oxygen atoms in total. The van der Waals surface area contributed by atoms with E-state index in [1.54, 1.807) is 12.2 Å². The highest BCUT2D eigenvalue weighted by Gasteiger charge is 1.92. The molecule has 0 fully saturated rings. The molecule has 0 saturated carbocycles. The third kappa shape index (κ3) is 50.9. The molecule has 0 spiro atoms. The highest BCUT2D eigenvalue weighted by molar-refractivity contribution is 5.80. The molecule has 0 bridgehead atoms. The van der Waals surface area contributed by atoms with Gasteiger partial charge in [0.1, 0.15) is 0 Å². The smallest absolute Gasteiger partial charge is 0.328 e. The van der Waals surface area contributed by atoms with Crippen LogP contribution in [-0.2, 0) is 9.59 Å². The Balaban J connectivity index is 0. The van der Waals surface area contributed by atoms with Crippen molar-refractivity contribution in [2.45, 2.75) is 142 Å². The predicted octanol–water partition coefficient (Wildman–Crippen LogP) is 14.1. The highest BCUT2D eigenvalue weighted by Crippen LogP contribution is 2.12. The summed E-state index contributed by atoms with van der Waals surface area (Å²) in [5, 5.41) is 16.9. The van der Waals surface area contributed by atoms with Crippen LogP contribution in [0, 0.1) is 0 Å². The van der Waals surface area contributed by atoms with Gasteiger partial charge in [-0.05, 0) is 57.8 Å². The monoisotopic (exact) mass is 687 g/mol. The van der Waals surface area contributed by atoms with Crippen LogP contribution in [0.4, 0.5) is 0 Å². The van der Waals surface area contributed by atoms with Crippen molar-refractivity contribution in [3.05, 3.63) is 134 Å². The van der Waals surface area contributed by atoms with Gasteiger partial charge in [0.25, 0.3) is 0 Å². The molecule has 0 aromatic heterocycles. The number of hydrogen-bond donors (Lipinski definition) is 2. The summed E-state index contributed by atoms with van der Waals surface area (Å²) in [6, 6.07) is 0. The number of unbranched alkanes of at least 4 members (excludes halogenated alkanes) is 11. The molecule has 0 radical (unpaired) electrons. The molecule has 0 atom stereocenters. The maximum atomic E-state index is 10.3. The number of hydrogen-bond acceptors (Lipinski definition) is 2. The molecule has 278 valence electrons. The lowest BCUT2D eigenvalue weighted by Gasteiger charge is -2.01. The molecule has 0 rings (SSSR count). The molecular formula is C46H70O4. The topological polar surface area (TPSA) is 74.6 Å². The van der Waals surface area contributed by atoms with Gasteiger partial charge in [-0.2, -0.15) is 0 Å². The van der Waals surface area contributed by atoms with E-state index in [1.165, 1.54) is 76.7 Å². The average molecular weight is 687 g/mol. The summed E-state index contributed by atoms with van der Waals surface area (Å²) in [6.07, 6.45) is 67.1. The van der Waals surface area contributed by atoms with Crippen molar-refractivity contribution in [1.82, 2.24) is 0 Å². The summed E-state index contributed by atoms with van der Waals surface area (Å²) in [5.74, 6) is -1.67. The first kappa shape index (κ1) is 48.2. The maximum Gasteiger partial charge on any atom is 0.328 e. The maximum absolute atomic E-state index is 10.3. The van der Waals surface area contributed by atoms with Gasteiger partial charge in [-0.25, -0.2) is 4.79 Å². The van der Waals surface area contributed by atoms with Crippen molar-refractivity contribution in [2.24, 2.45) is 0 Å². The molecule has 50 heavy (non-hydrogen) atoms. The number of allylic oxidation sites excluding steroid dienone is 21. The number of carboxylic acids is 2. The lowest BCUT2D eigenvalue weighted by atomic mass is 10.1. The second-order valence-electron chi connectivity index (χ2n) is 12.0. The minimum atomic E-state index is -0.929. The Morgan fingerprint density at radius 3 is 1.20 bits per heavy atom. The van der Waals surface area contributed by atoms with Gasteiger partial charge in [0.05, 0.1) is 0 Å². The second kappa shape index (κ2) is 45.1. The molecule has 0 aromatic carbocycles. The van der Waals surface area contributed by atoms with Gasteiger partial charge in [-0.15, -0.1) is 0 Å². The van der Waals surface area contributed by atoms with Crippen LogP contribution in [0.3, 0.4) is 0 Å². The zero-order valence-electron chi connectivity index (χ0n) is 31.6. The minimum Gasteiger partial charge on any atom is -0.481 e. The molecule has 0 aliphatic carbocycles. The summed E-state index contributed by atoms with van der Waals surface area (Å²) >= 11 is 0. The van der Waals surface area contributed by atoms with E-state index in [-0.39, 0.29) is 6.42 Å². The molecule has 0 heterocycles. The molecule has 0 unspecified atom stereocenters.